The summed E-state index contributed by atoms with van der Waals surface area (Å²) >= 11 is 0. The topological polar surface area (TPSA) is 46.0 Å². The van der Waals surface area contributed by atoms with Crippen LogP contribution in [0.2, 0.25) is 0 Å². The zero-order chi connectivity index (χ0) is 40.5. The van der Waals surface area contributed by atoms with Crippen LogP contribution in [0.4, 0.5) is 0 Å². The highest BCUT2D eigenvalue weighted by molar-refractivity contribution is 5.98. The standard InChI is InChI=1S/C56H46N2O/c1-37(38-17-8-5-9-18-38)51-36-57-52(35-50(51)41-21-12-7-13-22-41)44-29-42(39-19-10-6-11-20-39)30-45(31-44)53-32-43(48-26-16-24-40-23-14-15-25-47(40)48)33-54(58-53)49-28-27-46(34-55(49)59)56(2,3)4/h5-37,59H,1-4H3. The minimum absolute atomic E-state index is 0.111. The lowest BCUT2D eigenvalue weighted by molar-refractivity contribution is 0.473. The molecule has 0 aliphatic rings. The molecule has 0 radical (unpaired) electrons. The average molecular weight is 763 g/mol. The van der Waals surface area contributed by atoms with Crippen molar-refractivity contribution >= 4 is 10.8 Å². The number of phenolic OH excluding ortho intramolecular Hbond substituents is 1. The largest absolute Gasteiger partial charge is 0.507 e. The number of pyridine rings is 2. The predicted octanol–water partition coefficient (Wildman–Crippen LogP) is 14.8. The molecule has 0 amide bonds. The summed E-state index contributed by atoms with van der Waals surface area (Å²) in [5, 5.41) is 13.9. The van der Waals surface area contributed by atoms with Gasteiger partial charge in [0.1, 0.15) is 5.75 Å². The third kappa shape index (κ3) is 7.68. The van der Waals surface area contributed by atoms with E-state index < -0.39 is 0 Å². The Kier molecular flexibility index (Phi) is 9.96. The van der Waals surface area contributed by atoms with Gasteiger partial charge in [0.05, 0.1) is 17.1 Å². The van der Waals surface area contributed by atoms with Crippen molar-refractivity contribution in [1.82, 2.24) is 9.97 Å². The molecular formula is C56H46N2O. The van der Waals surface area contributed by atoms with E-state index >= 15 is 0 Å². The summed E-state index contributed by atoms with van der Waals surface area (Å²) in [6.45, 7) is 8.73. The zero-order valence-corrected chi connectivity index (χ0v) is 33.9. The van der Waals surface area contributed by atoms with E-state index in [9.17, 15) is 5.11 Å². The normalized spacial score (nSPS) is 12.1. The Hall–Kier alpha value is -7.10. The van der Waals surface area contributed by atoms with Gasteiger partial charge in [0, 0.05) is 28.8 Å². The van der Waals surface area contributed by atoms with Gasteiger partial charge in [-0.2, -0.15) is 0 Å². The van der Waals surface area contributed by atoms with Gasteiger partial charge in [0.25, 0.3) is 0 Å². The first kappa shape index (κ1) is 37.5. The highest BCUT2D eigenvalue weighted by atomic mass is 16.3. The summed E-state index contributed by atoms with van der Waals surface area (Å²) in [6, 6.07) is 65.9. The smallest absolute Gasteiger partial charge is 0.125 e. The fraction of sp³-hybridized carbons (Fsp3) is 0.107. The monoisotopic (exact) mass is 762 g/mol. The van der Waals surface area contributed by atoms with Crippen LogP contribution in [-0.4, -0.2) is 15.1 Å². The SMILES string of the molecule is CC(c1ccccc1)c1cnc(-c2cc(-c3ccccc3)cc(-c3cc(-c4cccc5ccccc45)cc(-c4ccc(C(C)(C)C)cc4O)n3)c2)cc1-c1ccccc1. The number of aromatic hydroxyl groups is 1. The lowest BCUT2D eigenvalue weighted by Gasteiger charge is -2.20. The van der Waals surface area contributed by atoms with E-state index in [0.717, 1.165) is 66.8 Å². The molecule has 0 fully saturated rings. The van der Waals surface area contributed by atoms with Gasteiger partial charge in [-0.15, -0.1) is 0 Å². The van der Waals surface area contributed by atoms with Crippen molar-refractivity contribution in [2.45, 2.75) is 39.0 Å². The minimum atomic E-state index is -0.111. The van der Waals surface area contributed by atoms with E-state index in [1.54, 1.807) is 0 Å². The van der Waals surface area contributed by atoms with E-state index in [-0.39, 0.29) is 17.1 Å². The van der Waals surface area contributed by atoms with Crippen molar-refractivity contribution < 1.29 is 5.11 Å². The van der Waals surface area contributed by atoms with Gasteiger partial charge in [0.15, 0.2) is 0 Å². The molecule has 0 bridgehead atoms. The van der Waals surface area contributed by atoms with E-state index in [2.05, 4.69) is 204 Å². The minimum Gasteiger partial charge on any atom is -0.507 e. The highest BCUT2D eigenvalue weighted by Crippen LogP contribution is 2.41. The molecule has 1 unspecified atom stereocenters. The average Bonchev–Trinajstić information content (AvgIpc) is 3.28. The molecule has 286 valence electrons. The molecular weight excluding hydrogens is 717 g/mol. The maximum atomic E-state index is 11.6. The van der Waals surface area contributed by atoms with E-state index in [1.807, 2.05) is 18.2 Å². The molecule has 9 aromatic rings. The highest BCUT2D eigenvalue weighted by Gasteiger charge is 2.20. The lowest BCUT2D eigenvalue weighted by atomic mass is 9.86. The summed E-state index contributed by atoms with van der Waals surface area (Å²) in [7, 11) is 0. The van der Waals surface area contributed by atoms with Crippen LogP contribution in [0.3, 0.4) is 0 Å². The van der Waals surface area contributed by atoms with Crippen molar-refractivity contribution in [1.29, 1.82) is 0 Å². The molecule has 1 N–H and O–H groups in total. The molecule has 0 aliphatic heterocycles. The van der Waals surface area contributed by atoms with Gasteiger partial charge < -0.3 is 5.11 Å². The van der Waals surface area contributed by atoms with Crippen LogP contribution < -0.4 is 0 Å². The summed E-state index contributed by atoms with van der Waals surface area (Å²) in [5.41, 5.74) is 15.0. The second-order valence-electron chi connectivity index (χ2n) is 16.5. The van der Waals surface area contributed by atoms with Crippen LogP contribution in [0.25, 0.3) is 77.9 Å². The molecule has 2 aromatic heterocycles. The van der Waals surface area contributed by atoms with Crippen molar-refractivity contribution in [3.63, 3.8) is 0 Å². The van der Waals surface area contributed by atoms with Crippen molar-refractivity contribution in [3.8, 4) is 72.9 Å². The van der Waals surface area contributed by atoms with E-state index in [4.69, 9.17) is 9.97 Å². The molecule has 0 saturated heterocycles. The number of benzene rings is 7. The number of fused-ring (bicyclic) bond motifs is 1. The quantitative estimate of drug-likeness (QED) is 0.168. The van der Waals surface area contributed by atoms with Crippen LogP contribution in [0, 0.1) is 0 Å². The maximum Gasteiger partial charge on any atom is 0.125 e. The van der Waals surface area contributed by atoms with Crippen LogP contribution in [0.15, 0.2) is 194 Å². The summed E-state index contributed by atoms with van der Waals surface area (Å²) < 4.78 is 0. The third-order valence-corrected chi connectivity index (χ3v) is 11.5. The van der Waals surface area contributed by atoms with Gasteiger partial charge in [-0.3, -0.25) is 4.98 Å². The molecule has 0 spiro atoms. The second-order valence-corrected chi connectivity index (χ2v) is 16.5. The van der Waals surface area contributed by atoms with Crippen LogP contribution in [0.1, 0.15) is 50.3 Å². The molecule has 3 heteroatoms. The Morgan fingerprint density at radius 1 is 0.458 bits per heavy atom. The fourth-order valence-corrected chi connectivity index (χ4v) is 8.14. The molecule has 9 rings (SSSR count). The molecule has 0 aliphatic carbocycles. The first-order chi connectivity index (χ1) is 28.7. The second kappa shape index (κ2) is 15.7. The Morgan fingerprint density at radius 3 is 1.78 bits per heavy atom. The first-order valence-corrected chi connectivity index (χ1v) is 20.4. The number of nitrogens with zero attached hydrogens (tertiary/aromatic N) is 2. The molecule has 3 nitrogen and oxygen atoms in total. The number of hydrogen-bond donors (Lipinski definition) is 1. The van der Waals surface area contributed by atoms with Crippen LogP contribution in [0.5, 0.6) is 5.75 Å². The van der Waals surface area contributed by atoms with Crippen molar-refractivity contribution in [3.05, 3.63) is 211 Å². The molecule has 7 aromatic carbocycles. The summed E-state index contributed by atoms with van der Waals surface area (Å²) in [5.74, 6) is 0.361. The van der Waals surface area contributed by atoms with Gasteiger partial charge in [0.2, 0.25) is 0 Å². The van der Waals surface area contributed by atoms with Gasteiger partial charge in [-0.1, -0.05) is 167 Å². The van der Waals surface area contributed by atoms with Crippen molar-refractivity contribution in [2.75, 3.05) is 0 Å². The molecule has 59 heavy (non-hydrogen) atoms. The number of aromatic nitrogens is 2. The van der Waals surface area contributed by atoms with Crippen LogP contribution >= 0.6 is 0 Å². The molecule has 1 atom stereocenters. The third-order valence-electron chi connectivity index (χ3n) is 11.5. The van der Waals surface area contributed by atoms with E-state index in [0.29, 0.717) is 11.3 Å². The molecule has 2 heterocycles. The lowest BCUT2D eigenvalue weighted by Crippen LogP contribution is -2.10. The summed E-state index contributed by atoms with van der Waals surface area (Å²) in [4.78, 5) is 10.6. The van der Waals surface area contributed by atoms with Crippen molar-refractivity contribution in [2.24, 2.45) is 0 Å². The van der Waals surface area contributed by atoms with Gasteiger partial charge >= 0.3 is 0 Å². The Bertz CT molecular complexity index is 2920. The van der Waals surface area contributed by atoms with Gasteiger partial charge in [-0.25, -0.2) is 4.98 Å². The Balaban J connectivity index is 1.26. The molecule has 0 saturated carbocycles. The number of hydrogen-bond acceptors (Lipinski definition) is 3. The zero-order valence-electron chi connectivity index (χ0n) is 33.9. The summed E-state index contributed by atoms with van der Waals surface area (Å²) in [6.07, 6.45) is 2.06. The first-order valence-electron chi connectivity index (χ1n) is 20.4. The number of phenols is 1. The number of rotatable bonds is 8. The van der Waals surface area contributed by atoms with E-state index in [1.165, 1.54) is 16.5 Å². The Morgan fingerprint density at radius 2 is 1.07 bits per heavy atom. The Labute approximate surface area is 347 Å². The maximum absolute atomic E-state index is 11.6. The van der Waals surface area contributed by atoms with Gasteiger partial charge in [-0.05, 0) is 115 Å². The predicted molar refractivity (Wildman–Crippen MR) is 246 cm³/mol. The fourth-order valence-electron chi connectivity index (χ4n) is 8.14. The van der Waals surface area contributed by atoms with Crippen LogP contribution in [-0.2, 0) is 5.41 Å².